The molecule has 0 saturated carbocycles. The van der Waals surface area contributed by atoms with E-state index < -0.39 is 0 Å². The Kier molecular flexibility index (Phi) is 4.44. The van der Waals surface area contributed by atoms with E-state index in [1.165, 1.54) is 0 Å². The summed E-state index contributed by atoms with van der Waals surface area (Å²) in [4.78, 5) is 14.7. The zero-order valence-electron chi connectivity index (χ0n) is 15.8. The molecule has 0 aliphatic carbocycles. The van der Waals surface area contributed by atoms with Crippen LogP contribution in [0.25, 0.3) is 11.3 Å². The van der Waals surface area contributed by atoms with Gasteiger partial charge in [-0.25, -0.2) is 4.68 Å². The molecule has 8 heteroatoms. The molecule has 1 amide bonds. The highest BCUT2D eigenvalue weighted by molar-refractivity contribution is 5.95. The number of hydrogen-bond donors (Lipinski definition) is 0. The van der Waals surface area contributed by atoms with Gasteiger partial charge in [-0.2, -0.15) is 5.10 Å². The standard InChI is InChI=1S/C21H20N6O2/c28-21(16-14-17-4-1-2-10-26(17)15-16)25-12-7-18(8-13-25)29-20-6-5-19(23-24-20)27-11-3-9-22-27/h1-6,9-11,14-15,18H,7-8,12-13H2. The van der Waals surface area contributed by atoms with Gasteiger partial charge in [-0.15, -0.1) is 10.2 Å². The first kappa shape index (κ1) is 17.4. The van der Waals surface area contributed by atoms with Crippen molar-refractivity contribution in [1.82, 2.24) is 29.3 Å². The van der Waals surface area contributed by atoms with Gasteiger partial charge < -0.3 is 14.0 Å². The van der Waals surface area contributed by atoms with Crippen molar-refractivity contribution >= 4 is 11.4 Å². The first-order chi connectivity index (χ1) is 14.3. The topological polar surface area (TPSA) is 77.5 Å². The van der Waals surface area contributed by atoms with Gasteiger partial charge in [0.15, 0.2) is 5.82 Å². The molecule has 146 valence electrons. The second-order valence-electron chi connectivity index (χ2n) is 7.05. The van der Waals surface area contributed by atoms with Crippen LogP contribution in [0.15, 0.2) is 67.3 Å². The molecule has 1 aliphatic heterocycles. The van der Waals surface area contributed by atoms with Crippen LogP contribution in [0.4, 0.5) is 0 Å². The van der Waals surface area contributed by atoms with Crippen LogP contribution in [0.1, 0.15) is 23.2 Å². The molecular weight excluding hydrogens is 368 g/mol. The first-order valence-electron chi connectivity index (χ1n) is 9.63. The molecule has 29 heavy (non-hydrogen) atoms. The number of hydrogen-bond acceptors (Lipinski definition) is 5. The Labute approximate surface area is 167 Å². The average molecular weight is 388 g/mol. The number of piperidine rings is 1. The smallest absolute Gasteiger partial charge is 0.255 e. The number of likely N-dealkylation sites (tertiary alicyclic amines) is 1. The zero-order chi connectivity index (χ0) is 19.6. The van der Waals surface area contributed by atoms with Crippen LogP contribution in [-0.2, 0) is 0 Å². The number of nitrogens with zero attached hydrogens (tertiary/aromatic N) is 6. The van der Waals surface area contributed by atoms with Crippen LogP contribution < -0.4 is 4.74 Å². The zero-order valence-corrected chi connectivity index (χ0v) is 15.8. The molecule has 0 atom stereocenters. The Morgan fingerprint density at radius 1 is 1.03 bits per heavy atom. The van der Waals surface area contributed by atoms with Crippen LogP contribution in [0.5, 0.6) is 5.88 Å². The number of aromatic nitrogens is 5. The lowest BCUT2D eigenvalue weighted by atomic mass is 10.1. The Balaban J connectivity index is 1.18. The molecule has 5 heterocycles. The molecule has 0 unspecified atom stereocenters. The summed E-state index contributed by atoms with van der Waals surface area (Å²) in [7, 11) is 0. The molecule has 0 bridgehead atoms. The van der Waals surface area contributed by atoms with Gasteiger partial charge in [0.25, 0.3) is 5.91 Å². The van der Waals surface area contributed by atoms with Gasteiger partial charge in [-0.05, 0) is 30.3 Å². The molecule has 8 nitrogen and oxygen atoms in total. The van der Waals surface area contributed by atoms with Gasteiger partial charge in [0.2, 0.25) is 5.88 Å². The van der Waals surface area contributed by atoms with Gasteiger partial charge in [-0.1, -0.05) is 6.07 Å². The minimum atomic E-state index is 0.0250. The third-order valence-corrected chi connectivity index (χ3v) is 5.13. The van der Waals surface area contributed by atoms with Gasteiger partial charge in [0, 0.05) is 62.3 Å². The Morgan fingerprint density at radius 2 is 1.93 bits per heavy atom. The van der Waals surface area contributed by atoms with Crippen molar-refractivity contribution in [3.05, 3.63) is 72.8 Å². The maximum absolute atomic E-state index is 12.8. The SMILES string of the molecule is O=C(c1cc2ccccn2c1)N1CCC(Oc2ccc(-n3cccn3)nn2)CC1. The van der Waals surface area contributed by atoms with E-state index in [0.29, 0.717) is 24.8 Å². The van der Waals surface area contributed by atoms with Gasteiger partial charge >= 0.3 is 0 Å². The van der Waals surface area contributed by atoms with E-state index in [1.807, 2.05) is 64.3 Å². The van der Waals surface area contributed by atoms with Crippen LogP contribution in [0.3, 0.4) is 0 Å². The monoisotopic (exact) mass is 388 g/mol. The van der Waals surface area contributed by atoms with Crippen molar-refractivity contribution in [2.45, 2.75) is 18.9 Å². The molecule has 4 aromatic heterocycles. The first-order valence-corrected chi connectivity index (χ1v) is 9.63. The van der Waals surface area contributed by atoms with Crippen molar-refractivity contribution < 1.29 is 9.53 Å². The third kappa shape index (κ3) is 3.56. The number of fused-ring (bicyclic) bond motifs is 1. The summed E-state index contributed by atoms with van der Waals surface area (Å²) in [6.07, 6.45) is 8.89. The maximum Gasteiger partial charge on any atom is 0.255 e. The number of carbonyl (C=O) groups excluding carboxylic acids is 1. The van der Waals surface area contributed by atoms with Crippen molar-refractivity contribution in [2.24, 2.45) is 0 Å². The molecule has 1 saturated heterocycles. The Morgan fingerprint density at radius 3 is 2.66 bits per heavy atom. The van der Waals surface area contributed by atoms with Crippen molar-refractivity contribution in [3.63, 3.8) is 0 Å². The van der Waals surface area contributed by atoms with E-state index in [4.69, 9.17) is 4.74 Å². The van der Waals surface area contributed by atoms with E-state index in [0.717, 1.165) is 23.9 Å². The summed E-state index contributed by atoms with van der Waals surface area (Å²) >= 11 is 0. The minimum Gasteiger partial charge on any atom is -0.473 e. The largest absolute Gasteiger partial charge is 0.473 e. The quantitative estimate of drug-likeness (QED) is 0.537. The van der Waals surface area contributed by atoms with Crippen molar-refractivity contribution in [3.8, 4) is 11.7 Å². The third-order valence-electron chi connectivity index (χ3n) is 5.13. The molecular formula is C21H20N6O2. The Hall–Kier alpha value is -3.68. The molecule has 4 aromatic rings. The second-order valence-corrected chi connectivity index (χ2v) is 7.05. The molecule has 0 radical (unpaired) electrons. The fourth-order valence-corrected chi connectivity index (χ4v) is 3.60. The highest BCUT2D eigenvalue weighted by Gasteiger charge is 2.25. The summed E-state index contributed by atoms with van der Waals surface area (Å²) in [5.74, 6) is 1.20. The summed E-state index contributed by atoms with van der Waals surface area (Å²) in [5.41, 5.74) is 1.74. The summed E-state index contributed by atoms with van der Waals surface area (Å²) < 4.78 is 9.58. The lowest BCUT2D eigenvalue weighted by molar-refractivity contribution is 0.0586. The average Bonchev–Trinajstić information content (AvgIpc) is 3.44. The molecule has 0 spiro atoms. The summed E-state index contributed by atoms with van der Waals surface area (Å²) in [6, 6.07) is 13.3. The normalized spacial score (nSPS) is 15.0. The lowest BCUT2D eigenvalue weighted by Crippen LogP contribution is -2.41. The van der Waals surface area contributed by atoms with Gasteiger partial charge in [0.05, 0.1) is 5.56 Å². The van der Waals surface area contributed by atoms with Crippen LogP contribution >= 0.6 is 0 Å². The van der Waals surface area contributed by atoms with Crippen LogP contribution in [0.2, 0.25) is 0 Å². The number of carbonyl (C=O) groups is 1. The lowest BCUT2D eigenvalue weighted by Gasteiger charge is -2.31. The summed E-state index contributed by atoms with van der Waals surface area (Å²) in [6.45, 7) is 1.32. The fourth-order valence-electron chi connectivity index (χ4n) is 3.60. The van der Waals surface area contributed by atoms with E-state index in [2.05, 4.69) is 15.3 Å². The van der Waals surface area contributed by atoms with E-state index in [-0.39, 0.29) is 12.0 Å². The predicted octanol–water partition coefficient (Wildman–Crippen LogP) is 2.60. The van der Waals surface area contributed by atoms with Gasteiger partial charge in [-0.3, -0.25) is 4.79 Å². The predicted molar refractivity (Wildman–Crippen MR) is 106 cm³/mol. The van der Waals surface area contributed by atoms with Crippen LogP contribution in [0, 0.1) is 0 Å². The maximum atomic E-state index is 12.8. The van der Waals surface area contributed by atoms with E-state index >= 15 is 0 Å². The molecule has 0 N–H and O–H groups in total. The van der Waals surface area contributed by atoms with E-state index in [1.54, 1.807) is 16.9 Å². The molecule has 1 aliphatic rings. The second kappa shape index (κ2) is 7.38. The molecule has 5 rings (SSSR count). The molecule has 1 fully saturated rings. The number of rotatable bonds is 4. The Bertz CT molecular complexity index is 1080. The van der Waals surface area contributed by atoms with E-state index in [9.17, 15) is 4.79 Å². The highest BCUT2D eigenvalue weighted by atomic mass is 16.5. The number of pyridine rings is 1. The van der Waals surface area contributed by atoms with Crippen LogP contribution in [-0.4, -0.2) is 54.4 Å². The van der Waals surface area contributed by atoms with Gasteiger partial charge in [0.1, 0.15) is 6.10 Å². The highest BCUT2D eigenvalue weighted by Crippen LogP contribution is 2.20. The van der Waals surface area contributed by atoms with Crippen molar-refractivity contribution in [2.75, 3.05) is 13.1 Å². The number of ether oxygens (including phenoxy) is 1. The summed E-state index contributed by atoms with van der Waals surface area (Å²) in [5, 5.41) is 12.4. The number of amides is 1. The van der Waals surface area contributed by atoms with Crippen molar-refractivity contribution in [1.29, 1.82) is 0 Å². The molecule has 0 aromatic carbocycles. The minimum absolute atomic E-state index is 0.0250. The fraction of sp³-hybridized carbons (Fsp3) is 0.238.